The molecule has 0 amide bonds. The molecule has 0 bridgehead atoms. The Bertz CT molecular complexity index is 1370. The predicted molar refractivity (Wildman–Crippen MR) is 162 cm³/mol. The van der Waals surface area contributed by atoms with Gasteiger partial charge in [0.25, 0.3) is 0 Å². The van der Waals surface area contributed by atoms with Gasteiger partial charge in [-0.15, -0.1) is 0 Å². The highest BCUT2D eigenvalue weighted by atomic mass is 32.2. The Hall–Kier alpha value is -2.33. The second kappa shape index (κ2) is 12.1. The molecule has 2 saturated carbocycles. The van der Waals surface area contributed by atoms with Gasteiger partial charge in [0.2, 0.25) is 0 Å². The van der Waals surface area contributed by atoms with E-state index in [0.29, 0.717) is 42.1 Å². The minimum absolute atomic E-state index is 0.00299. The fourth-order valence-electron chi connectivity index (χ4n) is 6.22. The first-order valence-corrected chi connectivity index (χ1v) is 16.2. The zero-order chi connectivity index (χ0) is 31.4. The van der Waals surface area contributed by atoms with Gasteiger partial charge in [-0.25, -0.2) is 24.6 Å². The van der Waals surface area contributed by atoms with Crippen molar-refractivity contribution >= 4 is 29.1 Å². The minimum atomic E-state index is -0.865. The van der Waals surface area contributed by atoms with E-state index in [4.69, 9.17) is 45.2 Å². The molecule has 7 unspecified atom stereocenters. The third kappa shape index (κ3) is 6.62. The van der Waals surface area contributed by atoms with Crippen molar-refractivity contribution in [1.29, 1.82) is 0 Å². The van der Waals surface area contributed by atoms with Crippen LogP contribution in [0.4, 0.5) is 26.1 Å². The van der Waals surface area contributed by atoms with Gasteiger partial charge in [0.1, 0.15) is 24.0 Å². The first-order chi connectivity index (χ1) is 20.8. The third-order valence-corrected chi connectivity index (χ3v) is 9.43. The van der Waals surface area contributed by atoms with E-state index in [9.17, 15) is 8.78 Å². The van der Waals surface area contributed by atoms with Gasteiger partial charge in [-0.1, -0.05) is 24.8 Å². The number of hydrogen-bond acceptors (Lipinski definition) is 12. The van der Waals surface area contributed by atoms with E-state index < -0.39 is 29.3 Å². The fraction of sp³-hybridized carbons (Fsp3) is 0.667. The number of nitrogens with one attached hydrogen (secondary N) is 1. The van der Waals surface area contributed by atoms with Crippen LogP contribution in [-0.2, 0) is 23.7 Å². The molecule has 0 spiro atoms. The molecule has 1 aromatic heterocycles. The molecule has 5 N–H and O–H groups in total. The van der Waals surface area contributed by atoms with Gasteiger partial charge in [0.15, 0.2) is 40.0 Å². The Balaban J connectivity index is 1.21. The Morgan fingerprint density at radius 2 is 1.84 bits per heavy atom. The van der Waals surface area contributed by atoms with Crippen LogP contribution in [0.2, 0.25) is 0 Å². The van der Waals surface area contributed by atoms with Crippen LogP contribution in [0.1, 0.15) is 65.4 Å². The number of nitrogens with two attached hydrogens (primary N) is 2. The van der Waals surface area contributed by atoms with E-state index in [2.05, 4.69) is 12.2 Å². The van der Waals surface area contributed by atoms with Crippen molar-refractivity contribution in [1.82, 2.24) is 9.97 Å². The number of thioether (sulfide) groups is 1. The van der Waals surface area contributed by atoms with Crippen LogP contribution < -0.4 is 21.9 Å². The molecule has 1 aromatic carbocycles. The van der Waals surface area contributed by atoms with E-state index in [0.717, 1.165) is 30.2 Å². The van der Waals surface area contributed by atoms with Crippen molar-refractivity contribution in [3.05, 3.63) is 35.4 Å². The van der Waals surface area contributed by atoms with Gasteiger partial charge in [-0.2, -0.15) is 0 Å². The second-order valence-electron chi connectivity index (χ2n) is 12.8. The molecule has 4 fully saturated rings. The average Bonchev–Trinajstić information content (AvgIpc) is 3.38. The Morgan fingerprint density at radius 3 is 2.55 bits per heavy atom. The van der Waals surface area contributed by atoms with Crippen molar-refractivity contribution in [3.63, 3.8) is 0 Å². The highest BCUT2D eigenvalue weighted by molar-refractivity contribution is 7.99. The van der Waals surface area contributed by atoms with Crippen LogP contribution in [0.3, 0.4) is 0 Å². The SMILES string of the molecule is CCCSc1nc(NC2CC2c2ccc(F)c(F)c2)c(N)c(N(N)C2CC(OCC3COC(C)(C)O3)C3OC(C)(C)OC32)n1. The van der Waals surface area contributed by atoms with Gasteiger partial charge >= 0.3 is 0 Å². The van der Waals surface area contributed by atoms with Gasteiger partial charge < -0.3 is 34.7 Å². The summed E-state index contributed by atoms with van der Waals surface area (Å²) in [5.41, 5.74) is 7.70. The Labute approximate surface area is 260 Å². The number of halogens is 2. The zero-order valence-corrected chi connectivity index (χ0v) is 26.5. The molecule has 0 radical (unpaired) electrons. The molecule has 4 aliphatic rings. The summed E-state index contributed by atoms with van der Waals surface area (Å²) in [5.74, 6) is 5.29. The van der Waals surface area contributed by atoms with E-state index in [1.54, 1.807) is 11.1 Å². The van der Waals surface area contributed by atoms with Crippen LogP contribution in [0.25, 0.3) is 0 Å². The highest BCUT2D eigenvalue weighted by Gasteiger charge is 2.56. The monoisotopic (exact) mass is 636 g/mol. The average molecular weight is 637 g/mol. The number of benzene rings is 1. The molecule has 242 valence electrons. The topological polar surface area (TPSA) is 139 Å². The van der Waals surface area contributed by atoms with Crippen LogP contribution in [0, 0.1) is 11.6 Å². The first kappa shape index (κ1) is 31.6. The lowest BCUT2D eigenvalue weighted by molar-refractivity contribution is -0.174. The second-order valence-corrected chi connectivity index (χ2v) is 13.9. The summed E-state index contributed by atoms with van der Waals surface area (Å²) in [4.78, 5) is 9.47. The molecule has 11 nitrogen and oxygen atoms in total. The first-order valence-electron chi connectivity index (χ1n) is 15.2. The minimum Gasteiger partial charge on any atom is -0.393 e. The Kier molecular flexibility index (Phi) is 8.72. The third-order valence-electron chi connectivity index (χ3n) is 8.37. The molecule has 3 heterocycles. The van der Waals surface area contributed by atoms with Gasteiger partial charge in [0.05, 0.1) is 25.4 Å². The summed E-state index contributed by atoms with van der Waals surface area (Å²) in [6, 6.07) is 3.60. The summed E-state index contributed by atoms with van der Waals surface area (Å²) in [5, 5.41) is 5.49. The van der Waals surface area contributed by atoms with Crippen molar-refractivity contribution < 1.29 is 32.5 Å². The van der Waals surface area contributed by atoms with Gasteiger partial charge in [-0.3, -0.25) is 5.01 Å². The number of hydrogen-bond donors (Lipinski definition) is 3. The number of fused-ring (bicyclic) bond motifs is 1. The summed E-state index contributed by atoms with van der Waals surface area (Å²) in [7, 11) is 0. The van der Waals surface area contributed by atoms with E-state index >= 15 is 0 Å². The van der Waals surface area contributed by atoms with E-state index in [1.165, 1.54) is 17.8 Å². The van der Waals surface area contributed by atoms with Crippen molar-refractivity contribution in [2.24, 2.45) is 5.84 Å². The van der Waals surface area contributed by atoms with E-state index in [1.807, 2.05) is 27.7 Å². The predicted octanol–water partition coefficient (Wildman–Crippen LogP) is 4.32. The number of rotatable bonds is 11. The molecule has 2 aromatic rings. The Morgan fingerprint density at radius 1 is 1.07 bits per heavy atom. The lowest BCUT2D eigenvalue weighted by atomic mass is 10.1. The maximum atomic E-state index is 13.9. The molecule has 2 aliphatic carbocycles. The molecule has 2 aliphatic heterocycles. The lowest BCUT2D eigenvalue weighted by Crippen LogP contribution is -2.48. The highest BCUT2D eigenvalue weighted by Crippen LogP contribution is 2.46. The number of anilines is 3. The number of ether oxygens (including phenoxy) is 5. The van der Waals surface area contributed by atoms with Crippen LogP contribution in [-0.4, -0.2) is 77.0 Å². The number of nitrogens with zero attached hydrogens (tertiary/aromatic N) is 3. The number of nitrogen functional groups attached to an aromatic ring is 1. The maximum Gasteiger partial charge on any atom is 0.191 e. The normalized spacial score (nSPS) is 31.7. The van der Waals surface area contributed by atoms with E-state index in [-0.39, 0.29) is 36.3 Å². The molecule has 6 rings (SSSR count). The summed E-state index contributed by atoms with van der Waals surface area (Å²) >= 11 is 1.51. The standard InChI is InChI=1S/C30H42F2N6O5S/c1-6-9-44-28-36-26(35-20-11-17(20)15-7-8-18(31)19(32)10-15)23(33)27(37-28)38(34)21-12-22(25-24(21)42-30(4,5)43-25)39-13-16-14-40-29(2,3)41-16/h7-8,10,16-17,20-22,24-25H,6,9,11-14,33-34H2,1-5H3,(H,35,36,37). The molecule has 2 saturated heterocycles. The molecular formula is C30H42F2N6O5S. The van der Waals surface area contributed by atoms with Crippen LogP contribution in [0.15, 0.2) is 23.4 Å². The molecule has 7 atom stereocenters. The van der Waals surface area contributed by atoms with Crippen molar-refractivity contribution in [2.75, 3.05) is 35.0 Å². The van der Waals surface area contributed by atoms with Crippen LogP contribution in [0.5, 0.6) is 0 Å². The van der Waals surface area contributed by atoms with Gasteiger partial charge in [-0.05, 0) is 58.2 Å². The molecule has 44 heavy (non-hydrogen) atoms. The number of hydrazine groups is 1. The van der Waals surface area contributed by atoms with Crippen molar-refractivity contribution in [2.45, 2.75) is 113 Å². The summed E-state index contributed by atoms with van der Waals surface area (Å²) in [6.07, 6.45) is 0.944. The molecular weight excluding hydrogens is 594 g/mol. The fourth-order valence-corrected chi connectivity index (χ4v) is 6.91. The largest absolute Gasteiger partial charge is 0.393 e. The smallest absolute Gasteiger partial charge is 0.191 e. The molecule has 14 heteroatoms. The number of aromatic nitrogens is 2. The maximum absolute atomic E-state index is 13.9. The summed E-state index contributed by atoms with van der Waals surface area (Å²) in [6.45, 7) is 10.4. The van der Waals surface area contributed by atoms with Crippen molar-refractivity contribution in [3.8, 4) is 0 Å². The zero-order valence-electron chi connectivity index (χ0n) is 25.7. The lowest BCUT2D eigenvalue weighted by Gasteiger charge is -2.31. The summed E-state index contributed by atoms with van der Waals surface area (Å²) < 4.78 is 57.9. The van der Waals surface area contributed by atoms with Gasteiger partial charge in [0, 0.05) is 24.1 Å². The quantitative estimate of drug-likeness (QED) is 0.140. The van der Waals surface area contributed by atoms with Crippen LogP contribution >= 0.6 is 11.8 Å².